The molecule has 2 aromatic heterocycles. The summed E-state index contributed by atoms with van der Waals surface area (Å²) in [6, 6.07) is 1.29. The second-order valence-electron chi connectivity index (χ2n) is 8.02. The van der Waals surface area contributed by atoms with Crippen LogP contribution in [-0.4, -0.2) is 38.7 Å². The van der Waals surface area contributed by atoms with Crippen LogP contribution in [0.15, 0.2) is 39.8 Å². The Morgan fingerprint density at radius 3 is 2.43 bits per heavy atom. The van der Waals surface area contributed by atoms with Gasteiger partial charge in [-0.2, -0.15) is 8.78 Å². The molecule has 1 N–H and O–H groups in total. The molecule has 7 nitrogen and oxygen atoms in total. The summed E-state index contributed by atoms with van der Waals surface area (Å²) >= 11 is 0.934. The summed E-state index contributed by atoms with van der Waals surface area (Å²) in [5, 5.41) is 3.34. The van der Waals surface area contributed by atoms with Gasteiger partial charge in [0, 0.05) is 36.0 Å². The summed E-state index contributed by atoms with van der Waals surface area (Å²) in [4.78, 5) is 13.1. The van der Waals surface area contributed by atoms with E-state index < -0.39 is 63.6 Å². The second-order valence-corrected chi connectivity index (χ2v) is 9.17. The van der Waals surface area contributed by atoms with Crippen LogP contribution in [0, 0.1) is 23.3 Å². The van der Waals surface area contributed by atoms with E-state index in [0.29, 0.717) is 16.7 Å². The van der Waals surface area contributed by atoms with Crippen molar-refractivity contribution in [2.75, 3.05) is 14.1 Å². The molecule has 0 saturated heterocycles. The molecule has 0 fully saturated rings. The van der Waals surface area contributed by atoms with Crippen molar-refractivity contribution in [1.82, 2.24) is 23.3 Å². The number of halogens is 6. The van der Waals surface area contributed by atoms with E-state index in [9.17, 15) is 22.4 Å². The Bertz CT molecular complexity index is 1510. The second kappa shape index (κ2) is 8.17. The van der Waals surface area contributed by atoms with E-state index in [1.54, 1.807) is 18.4 Å². The van der Waals surface area contributed by atoms with Crippen molar-refractivity contribution >= 4 is 23.1 Å². The molecule has 5 rings (SSSR count). The zero-order valence-electron chi connectivity index (χ0n) is 18.0. The Hall–Kier alpha value is -3.23. The van der Waals surface area contributed by atoms with E-state index in [0.717, 1.165) is 35.0 Å². The highest BCUT2D eigenvalue weighted by Gasteiger charge is 2.51. The Morgan fingerprint density at radius 2 is 1.80 bits per heavy atom. The van der Waals surface area contributed by atoms with Gasteiger partial charge in [0.25, 0.3) is 0 Å². The lowest BCUT2D eigenvalue weighted by atomic mass is 9.99. The molecule has 35 heavy (non-hydrogen) atoms. The van der Waals surface area contributed by atoms with Crippen LogP contribution in [0.4, 0.5) is 26.3 Å². The van der Waals surface area contributed by atoms with Gasteiger partial charge in [0.1, 0.15) is 35.0 Å². The third kappa shape index (κ3) is 3.63. The van der Waals surface area contributed by atoms with Crippen LogP contribution < -0.4 is 10.4 Å². The summed E-state index contributed by atoms with van der Waals surface area (Å²) in [6.45, 7) is -0.382. The molecule has 1 atom stereocenters. The van der Waals surface area contributed by atoms with Gasteiger partial charge in [-0.05, 0) is 26.2 Å². The number of nitrogens with zero attached hydrogens (tertiary/aromatic N) is 4. The van der Waals surface area contributed by atoms with Gasteiger partial charge < -0.3 is 4.52 Å². The van der Waals surface area contributed by atoms with Crippen molar-refractivity contribution in [3.8, 4) is 16.9 Å². The van der Waals surface area contributed by atoms with E-state index >= 15 is 8.78 Å². The van der Waals surface area contributed by atoms with Gasteiger partial charge in [0.15, 0.2) is 11.4 Å². The molecule has 0 radical (unpaired) electrons. The van der Waals surface area contributed by atoms with Crippen LogP contribution in [0.5, 0.6) is 0 Å². The summed E-state index contributed by atoms with van der Waals surface area (Å²) < 4.78 is 98.3. The molecular weight excluding hydrogens is 500 g/mol. The number of alkyl halides is 2. The number of rotatable bonds is 5. The van der Waals surface area contributed by atoms with Crippen LogP contribution in [0.2, 0.25) is 0 Å². The van der Waals surface area contributed by atoms with Crippen LogP contribution in [0.1, 0.15) is 5.69 Å². The highest BCUT2D eigenvalue weighted by molar-refractivity contribution is 7.95. The Labute approximate surface area is 197 Å². The maximum atomic E-state index is 15.0. The number of nitrogens with one attached hydrogen (secondary N) is 1. The lowest BCUT2D eigenvalue weighted by molar-refractivity contribution is -0.0242. The van der Waals surface area contributed by atoms with Gasteiger partial charge in [0.05, 0.1) is 17.5 Å². The van der Waals surface area contributed by atoms with Crippen molar-refractivity contribution in [1.29, 1.82) is 0 Å². The number of fused-ring (bicyclic) bond motifs is 2. The minimum atomic E-state index is -3.46. The fourth-order valence-electron chi connectivity index (χ4n) is 4.01. The van der Waals surface area contributed by atoms with Crippen LogP contribution in [0.25, 0.3) is 27.9 Å². The van der Waals surface area contributed by atoms with Crippen LogP contribution in [-0.2, 0) is 12.5 Å². The molecule has 1 aliphatic rings. The lowest BCUT2D eigenvalue weighted by Crippen LogP contribution is -2.39. The maximum Gasteiger partial charge on any atom is 0.334 e. The number of aromatic nitrogens is 3. The zero-order chi connectivity index (χ0) is 25.2. The molecule has 0 unspecified atom stereocenters. The summed E-state index contributed by atoms with van der Waals surface area (Å²) in [5.41, 5.74) is -3.36. The third-order valence-electron chi connectivity index (χ3n) is 5.56. The average molecular weight is 515 g/mol. The molecule has 0 saturated carbocycles. The molecule has 0 aliphatic carbocycles. The average Bonchev–Trinajstić information content (AvgIpc) is 3.39. The first-order chi connectivity index (χ1) is 16.5. The maximum absolute atomic E-state index is 15.0. The molecule has 14 heteroatoms. The summed E-state index contributed by atoms with van der Waals surface area (Å²) in [7, 11) is 3.30. The minimum absolute atomic E-state index is 0.175. The molecule has 0 spiro atoms. The van der Waals surface area contributed by atoms with Gasteiger partial charge in [-0.3, -0.25) is 4.57 Å². The molecule has 2 aromatic carbocycles. The first-order valence-corrected chi connectivity index (χ1v) is 10.8. The Balaban J connectivity index is 1.69. The fraction of sp³-hybridized carbons (Fsp3) is 0.238. The topological polar surface area (TPSA) is 68.2 Å². The smallest absolute Gasteiger partial charge is 0.334 e. The summed E-state index contributed by atoms with van der Waals surface area (Å²) in [6.07, 6.45) is 0.827. The van der Waals surface area contributed by atoms with E-state index in [1.165, 1.54) is 0 Å². The molecule has 4 aromatic rings. The van der Waals surface area contributed by atoms with Crippen LogP contribution in [0.3, 0.4) is 0 Å². The number of benzene rings is 2. The summed E-state index contributed by atoms with van der Waals surface area (Å²) in [5.74, 6) is -9.08. The lowest BCUT2D eigenvalue weighted by Gasteiger charge is -2.20. The standard InChI is InChI=1S/C21H15F6N5O2S/c1-30(2)35-29-14-7-31-15(21(14,26)27)8-32(20(31)33)19-18-13(34-28-19)4-3-10(23)17(18)16-11(24)5-9(22)6-12(16)25/h3-6,8,14,29H,7H2,1-2H3/t14-/m1/s1. The van der Waals surface area contributed by atoms with Gasteiger partial charge in [0.2, 0.25) is 0 Å². The van der Waals surface area contributed by atoms with Crippen molar-refractivity contribution in [2.45, 2.75) is 18.5 Å². The highest BCUT2D eigenvalue weighted by atomic mass is 32.2. The van der Waals surface area contributed by atoms with E-state index in [2.05, 4.69) is 9.88 Å². The monoisotopic (exact) mass is 515 g/mol. The van der Waals surface area contributed by atoms with Gasteiger partial charge in [-0.1, -0.05) is 5.16 Å². The normalized spacial score (nSPS) is 17.0. The predicted molar refractivity (Wildman–Crippen MR) is 115 cm³/mol. The molecule has 0 bridgehead atoms. The number of hydrogen-bond acceptors (Lipinski definition) is 6. The molecule has 3 heterocycles. The fourth-order valence-corrected chi connectivity index (χ4v) is 4.58. The molecular formula is C21H15F6N5O2S. The first-order valence-electron chi connectivity index (χ1n) is 10.0. The van der Waals surface area contributed by atoms with E-state index in [-0.39, 0.29) is 17.5 Å². The zero-order valence-corrected chi connectivity index (χ0v) is 18.8. The Morgan fingerprint density at radius 1 is 1.11 bits per heavy atom. The number of hydrogen-bond donors (Lipinski definition) is 1. The van der Waals surface area contributed by atoms with Crippen molar-refractivity contribution < 1.29 is 30.9 Å². The van der Waals surface area contributed by atoms with E-state index in [1.807, 2.05) is 0 Å². The largest absolute Gasteiger partial charge is 0.354 e. The van der Waals surface area contributed by atoms with Gasteiger partial charge in [-0.15, -0.1) is 0 Å². The van der Waals surface area contributed by atoms with Crippen molar-refractivity contribution in [2.24, 2.45) is 0 Å². The highest BCUT2D eigenvalue weighted by Crippen LogP contribution is 2.41. The SMILES string of the molecule is CN(C)SN[C@@H]1Cn2c(cn(-c3noc4ccc(F)c(-c5c(F)cc(F)cc5F)c34)c2=O)C1(F)F. The van der Waals surface area contributed by atoms with Gasteiger partial charge >= 0.3 is 11.6 Å². The van der Waals surface area contributed by atoms with Crippen molar-refractivity contribution in [3.05, 3.63) is 69.9 Å². The third-order valence-corrected chi connectivity index (χ3v) is 6.31. The first kappa shape index (κ1) is 23.5. The molecule has 184 valence electrons. The Kier molecular flexibility index (Phi) is 5.49. The molecule has 1 aliphatic heterocycles. The van der Waals surface area contributed by atoms with Crippen LogP contribution >= 0.6 is 12.1 Å². The van der Waals surface area contributed by atoms with Gasteiger partial charge in [-0.25, -0.2) is 36.0 Å². The molecule has 0 amide bonds. The van der Waals surface area contributed by atoms with Crippen molar-refractivity contribution in [3.63, 3.8) is 0 Å². The number of imidazole rings is 1. The van der Waals surface area contributed by atoms with E-state index in [4.69, 9.17) is 4.52 Å². The minimum Gasteiger partial charge on any atom is -0.354 e. The quantitative estimate of drug-likeness (QED) is 0.318. The predicted octanol–water partition coefficient (Wildman–Crippen LogP) is 4.19.